The number of hydrogen-bond donors (Lipinski definition) is 1. The lowest BCUT2D eigenvalue weighted by Gasteiger charge is -2.27. The molecule has 2 saturated heterocycles. The molecule has 1 aromatic carbocycles. The number of halogens is 1. The molecule has 6 nitrogen and oxygen atoms in total. The average molecular weight is 512 g/mol. The summed E-state index contributed by atoms with van der Waals surface area (Å²) >= 11 is 1.76. The molecule has 0 radical (unpaired) electrons. The number of amides is 1. The number of piperidine rings is 1. The number of likely N-dealkylation sites (tertiary alicyclic amines) is 1. The van der Waals surface area contributed by atoms with E-state index in [4.69, 9.17) is 9.97 Å². The Hall–Kier alpha value is -2.22. The summed E-state index contributed by atoms with van der Waals surface area (Å²) in [6, 6.07) is 9.96. The molecule has 8 heteroatoms. The van der Waals surface area contributed by atoms with Crippen molar-refractivity contribution in [2.45, 2.75) is 70.0 Å². The van der Waals surface area contributed by atoms with Crippen molar-refractivity contribution in [3.8, 4) is 0 Å². The number of nitrogens with zero attached hydrogens (tertiary/aromatic N) is 4. The fraction of sp³-hybridized carbons (Fsp3) is 0.519. The Kier molecular flexibility index (Phi) is 7.56. The van der Waals surface area contributed by atoms with E-state index < -0.39 is 0 Å². The summed E-state index contributed by atoms with van der Waals surface area (Å²) in [7, 11) is 0. The van der Waals surface area contributed by atoms with Gasteiger partial charge in [-0.05, 0) is 74.2 Å². The molecule has 1 atom stereocenters. The molecule has 3 aromatic rings. The van der Waals surface area contributed by atoms with Crippen LogP contribution in [0.1, 0.15) is 67.6 Å². The summed E-state index contributed by atoms with van der Waals surface area (Å²) in [5.74, 6) is 0.754. The number of anilines is 1. The standard InChI is InChI=1S/C27H33N5OS.ClH/c33-26(29-16-19-8-3-1-4-9-19)22-10-7-15-32(22)27-30-25-24(34-27)23(20-11-12-20)21(17-28-25)18-31-13-5-2-6-14-31;/h1,3-4,8-9,17,20,22H,2,5-7,10-16,18H2,(H,29,33);1H/t22-;/m1./s1. The third kappa shape index (κ3) is 5.32. The predicted octanol–water partition coefficient (Wildman–Crippen LogP) is 5.26. The van der Waals surface area contributed by atoms with Crippen LogP contribution in [0.4, 0.5) is 5.13 Å². The van der Waals surface area contributed by atoms with Crippen molar-refractivity contribution >= 4 is 45.1 Å². The third-order valence-corrected chi connectivity index (χ3v) is 8.59. The predicted molar refractivity (Wildman–Crippen MR) is 144 cm³/mol. The summed E-state index contributed by atoms with van der Waals surface area (Å²) in [6.45, 7) is 4.85. The smallest absolute Gasteiger partial charge is 0.243 e. The largest absolute Gasteiger partial charge is 0.350 e. The number of nitrogens with one attached hydrogen (secondary N) is 1. The molecule has 3 aliphatic rings. The molecule has 1 aliphatic carbocycles. The van der Waals surface area contributed by atoms with Gasteiger partial charge in [0.25, 0.3) is 0 Å². The molecule has 2 aliphatic heterocycles. The zero-order valence-corrected chi connectivity index (χ0v) is 21.8. The second kappa shape index (κ2) is 10.8. The van der Waals surface area contributed by atoms with Gasteiger partial charge in [0.05, 0.1) is 4.70 Å². The van der Waals surface area contributed by atoms with Crippen LogP contribution in [0.3, 0.4) is 0 Å². The summed E-state index contributed by atoms with van der Waals surface area (Å²) in [5, 5.41) is 4.10. The van der Waals surface area contributed by atoms with Crippen LogP contribution >= 0.6 is 23.7 Å². The van der Waals surface area contributed by atoms with Crippen molar-refractivity contribution in [1.82, 2.24) is 20.2 Å². The van der Waals surface area contributed by atoms with Gasteiger partial charge in [0.2, 0.25) is 5.91 Å². The van der Waals surface area contributed by atoms with Crippen molar-refractivity contribution in [3.63, 3.8) is 0 Å². The maximum atomic E-state index is 13.1. The number of benzene rings is 1. The normalized spacial score (nSPS) is 20.7. The van der Waals surface area contributed by atoms with Crippen molar-refractivity contribution in [3.05, 3.63) is 53.2 Å². The zero-order valence-electron chi connectivity index (χ0n) is 20.1. The van der Waals surface area contributed by atoms with E-state index in [1.54, 1.807) is 11.3 Å². The summed E-state index contributed by atoms with van der Waals surface area (Å²) in [4.78, 5) is 27.6. The highest BCUT2D eigenvalue weighted by atomic mass is 35.5. The number of pyridine rings is 1. The molecule has 1 amide bonds. The Labute approximate surface area is 217 Å². The maximum absolute atomic E-state index is 13.1. The first-order valence-corrected chi connectivity index (χ1v) is 13.7. The number of rotatable bonds is 7. The Bertz CT molecular complexity index is 1160. The van der Waals surface area contributed by atoms with Crippen LogP contribution in [0.15, 0.2) is 36.5 Å². The lowest BCUT2D eigenvalue weighted by atomic mass is 10.0. The molecule has 35 heavy (non-hydrogen) atoms. The first-order valence-electron chi connectivity index (χ1n) is 12.9. The van der Waals surface area contributed by atoms with E-state index in [-0.39, 0.29) is 24.4 Å². The number of hydrogen-bond acceptors (Lipinski definition) is 6. The molecule has 1 N–H and O–H groups in total. The molecule has 0 bridgehead atoms. The molecular weight excluding hydrogens is 478 g/mol. The molecule has 6 rings (SSSR count). The van der Waals surface area contributed by atoms with Crippen molar-refractivity contribution in [2.24, 2.45) is 0 Å². The Balaban J connectivity index is 0.00000253. The first-order chi connectivity index (χ1) is 16.8. The lowest BCUT2D eigenvalue weighted by molar-refractivity contribution is -0.122. The Morgan fingerprint density at radius 2 is 1.83 bits per heavy atom. The minimum atomic E-state index is -0.151. The molecule has 0 unspecified atom stereocenters. The Morgan fingerprint density at radius 3 is 2.60 bits per heavy atom. The van der Waals surface area contributed by atoms with Crippen molar-refractivity contribution in [2.75, 3.05) is 24.5 Å². The highest BCUT2D eigenvalue weighted by Gasteiger charge is 2.35. The van der Waals surface area contributed by atoms with Gasteiger partial charge in [0.1, 0.15) is 6.04 Å². The molecule has 186 valence electrons. The second-order valence-electron chi connectivity index (χ2n) is 10.0. The van der Waals surface area contributed by atoms with Gasteiger partial charge in [0, 0.05) is 25.8 Å². The van der Waals surface area contributed by atoms with E-state index in [9.17, 15) is 4.79 Å². The fourth-order valence-corrected chi connectivity index (χ4v) is 6.76. The van der Waals surface area contributed by atoms with Crippen LogP contribution in [0.5, 0.6) is 0 Å². The minimum absolute atomic E-state index is 0. The molecule has 3 fully saturated rings. The van der Waals surface area contributed by atoms with Crippen LogP contribution in [0.25, 0.3) is 10.3 Å². The van der Waals surface area contributed by atoms with E-state index in [0.717, 1.165) is 42.3 Å². The Morgan fingerprint density at radius 1 is 1.03 bits per heavy atom. The molecule has 1 saturated carbocycles. The zero-order chi connectivity index (χ0) is 22.9. The molecule has 4 heterocycles. The fourth-order valence-electron chi connectivity index (χ4n) is 5.52. The number of thiazole rings is 1. The number of aromatic nitrogens is 2. The van der Waals surface area contributed by atoms with Crippen LogP contribution in [-0.2, 0) is 17.9 Å². The van der Waals surface area contributed by atoms with Gasteiger partial charge in [-0.25, -0.2) is 4.98 Å². The summed E-state index contributed by atoms with van der Waals surface area (Å²) in [6.07, 6.45) is 10.5. The van der Waals surface area contributed by atoms with Crippen LogP contribution in [-0.4, -0.2) is 46.5 Å². The monoisotopic (exact) mass is 511 g/mol. The van der Waals surface area contributed by atoms with Crippen molar-refractivity contribution < 1.29 is 4.79 Å². The average Bonchev–Trinajstić information content (AvgIpc) is 3.42. The van der Waals surface area contributed by atoms with E-state index in [1.807, 2.05) is 30.3 Å². The molecule has 2 aromatic heterocycles. The van der Waals surface area contributed by atoms with Crippen molar-refractivity contribution in [1.29, 1.82) is 0 Å². The molecular formula is C27H34ClN5OS. The highest BCUT2D eigenvalue weighted by Crippen LogP contribution is 2.47. The van der Waals surface area contributed by atoms with Gasteiger partial charge < -0.3 is 10.2 Å². The van der Waals surface area contributed by atoms with E-state index in [0.29, 0.717) is 12.5 Å². The van der Waals surface area contributed by atoms with E-state index in [1.165, 1.54) is 61.0 Å². The number of carbonyl (C=O) groups is 1. The number of carbonyl (C=O) groups excluding carboxylic acids is 1. The van der Waals surface area contributed by atoms with Gasteiger partial charge in [-0.15, -0.1) is 12.4 Å². The third-order valence-electron chi connectivity index (χ3n) is 7.47. The summed E-state index contributed by atoms with van der Waals surface area (Å²) < 4.78 is 1.25. The maximum Gasteiger partial charge on any atom is 0.243 e. The van der Waals surface area contributed by atoms with E-state index in [2.05, 4.69) is 21.3 Å². The SMILES string of the molecule is Cl.O=C(NCc1ccccc1)[C@H]1CCCN1c1nc2ncc(CN3CCCCC3)c(C3CC3)c2s1. The first kappa shape index (κ1) is 24.5. The second-order valence-corrected chi connectivity index (χ2v) is 11.0. The highest BCUT2D eigenvalue weighted by molar-refractivity contribution is 7.22. The van der Waals surface area contributed by atoms with Gasteiger partial charge in [0.15, 0.2) is 10.8 Å². The van der Waals surface area contributed by atoms with Gasteiger partial charge in [-0.1, -0.05) is 48.1 Å². The van der Waals surface area contributed by atoms with Gasteiger partial charge in [-0.2, -0.15) is 4.98 Å². The summed E-state index contributed by atoms with van der Waals surface area (Å²) in [5.41, 5.74) is 4.87. The topological polar surface area (TPSA) is 61.4 Å². The molecule has 0 spiro atoms. The number of fused-ring (bicyclic) bond motifs is 1. The lowest BCUT2D eigenvalue weighted by Crippen LogP contribution is -2.43. The van der Waals surface area contributed by atoms with Crippen LogP contribution in [0, 0.1) is 0 Å². The van der Waals surface area contributed by atoms with Gasteiger partial charge in [-0.3, -0.25) is 9.69 Å². The quantitative estimate of drug-likeness (QED) is 0.468. The van der Waals surface area contributed by atoms with Crippen LogP contribution < -0.4 is 10.2 Å². The van der Waals surface area contributed by atoms with E-state index >= 15 is 0 Å². The van der Waals surface area contributed by atoms with Gasteiger partial charge >= 0.3 is 0 Å². The van der Waals surface area contributed by atoms with Crippen LogP contribution in [0.2, 0.25) is 0 Å². The minimum Gasteiger partial charge on any atom is -0.350 e.